The number of Topliss-reactive ketones (excluding diaryl/α,β-unsaturated/α-hetero) is 1. The second kappa shape index (κ2) is 5.27. The van der Waals surface area contributed by atoms with Crippen LogP contribution >= 0.6 is 11.3 Å². The molecule has 3 nitrogen and oxygen atoms in total. The highest BCUT2D eigenvalue weighted by molar-refractivity contribution is 7.09. The Kier molecular flexibility index (Phi) is 3.94. The molecule has 1 aromatic heterocycles. The SMILES string of the molecule is COC1(C(=O)Cc2csc(C)n2)CCCCC1. The van der Waals surface area contributed by atoms with E-state index in [-0.39, 0.29) is 5.78 Å². The normalized spacial score (nSPS) is 19.2. The monoisotopic (exact) mass is 253 g/mol. The number of carbonyl (C=O) groups excluding carboxylic acids is 1. The molecule has 1 aliphatic carbocycles. The molecule has 0 aliphatic heterocycles. The van der Waals surface area contributed by atoms with Crippen molar-refractivity contribution in [1.29, 1.82) is 0 Å². The van der Waals surface area contributed by atoms with E-state index in [0.29, 0.717) is 6.42 Å². The van der Waals surface area contributed by atoms with Gasteiger partial charge in [0.15, 0.2) is 5.78 Å². The van der Waals surface area contributed by atoms with E-state index in [2.05, 4.69) is 4.98 Å². The fraction of sp³-hybridized carbons (Fsp3) is 0.692. The van der Waals surface area contributed by atoms with E-state index in [1.54, 1.807) is 18.4 Å². The van der Waals surface area contributed by atoms with Gasteiger partial charge in [-0.1, -0.05) is 19.3 Å². The molecule has 0 N–H and O–H groups in total. The molecule has 1 heterocycles. The van der Waals surface area contributed by atoms with Crippen LogP contribution in [-0.2, 0) is 16.0 Å². The predicted molar refractivity (Wildman–Crippen MR) is 68.4 cm³/mol. The lowest BCUT2D eigenvalue weighted by Gasteiger charge is -2.34. The molecule has 0 amide bonds. The van der Waals surface area contributed by atoms with Gasteiger partial charge in [-0.3, -0.25) is 4.79 Å². The van der Waals surface area contributed by atoms with Crippen LogP contribution in [0.2, 0.25) is 0 Å². The molecule has 2 rings (SSSR count). The topological polar surface area (TPSA) is 39.2 Å². The van der Waals surface area contributed by atoms with Gasteiger partial charge in [-0.25, -0.2) is 4.98 Å². The Morgan fingerprint density at radius 2 is 2.18 bits per heavy atom. The van der Waals surface area contributed by atoms with Crippen LogP contribution in [0.3, 0.4) is 0 Å². The van der Waals surface area contributed by atoms with E-state index in [0.717, 1.165) is 36.4 Å². The Morgan fingerprint density at radius 1 is 1.47 bits per heavy atom. The zero-order valence-corrected chi connectivity index (χ0v) is 11.3. The van der Waals surface area contributed by atoms with Crippen LogP contribution in [0.4, 0.5) is 0 Å². The second-order valence-corrected chi connectivity index (χ2v) is 5.78. The molecule has 0 aromatic carbocycles. The average Bonchev–Trinajstić information content (AvgIpc) is 2.75. The van der Waals surface area contributed by atoms with Crippen molar-refractivity contribution in [2.75, 3.05) is 7.11 Å². The molecule has 0 spiro atoms. The third-order valence-electron chi connectivity index (χ3n) is 3.57. The molecule has 0 saturated heterocycles. The number of nitrogens with zero attached hydrogens (tertiary/aromatic N) is 1. The number of hydrogen-bond donors (Lipinski definition) is 0. The summed E-state index contributed by atoms with van der Waals surface area (Å²) in [5, 5.41) is 2.99. The van der Waals surface area contributed by atoms with Crippen LogP contribution in [0.1, 0.15) is 42.8 Å². The van der Waals surface area contributed by atoms with Gasteiger partial charge in [0.1, 0.15) is 5.60 Å². The molecule has 17 heavy (non-hydrogen) atoms. The predicted octanol–water partition coefficient (Wildman–Crippen LogP) is 2.91. The van der Waals surface area contributed by atoms with Crippen LogP contribution in [0, 0.1) is 6.92 Å². The highest BCUT2D eigenvalue weighted by Gasteiger charge is 2.39. The van der Waals surface area contributed by atoms with Crippen molar-refractivity contribution in [1.82, 2.24) is 4.98 Å². The number of hydrogen-bond acceptors (Lipinski definition) is 4. The number of methoxy groups -OCH3 is 1. The lowest BCUT2D eigenvalue weighted by molar-refractivity contribution is -0.144. The lowest BCUT2D eigenvalue weighted by atomic mass is 9.80. The maximum Gasteiger partial charge on any atom is 0.170 e. The summed E-state index contributed by atoms with van der Waals surface area (Å²) in [6.07, 6.45) is 5.55. The third-order valence-corrected chi connectivity index (χ3v) is 4.39. The summed E-state index contributed by atoms with van der Waals surface area (Å²) in [6.45, 7) is 1.96. The van der Waals surface area contributed by atoms with Crippen molar-refractivity contribution >= 4 is 17.1 Å². The molecular weight excluding hydrogens is 234 g/mol. The number of ketones is 1. The highest BCUT2D eigenvalue weighted by Crippen LogP contribution is 2.32. The van der Waals surface area contributed by atoms with Gasteiger partial charge in [0, 0.05) is 12.5 Å². The fourth-order valence-electron chi connectivity index (χ4n) is 2.53. The molecule has 0 atom stereocenters. The minimum absolute atomic E-state index is 0.199. The number of aryl methyl sites for hydroxylation is 1. The summed E-state index contributed by atoms with van der Waals surface area (Å²) < 4.78 is 5.55. The summed E-state index contributed by atoms with van der Waals surface area (Å²) in [4.78, 5) is 16.7. The van der Waals surface area contributed by atoms with E-state index in [1.807, 2.05) is 12.3 Å². The first-order valence-corrected chi connectivity index (χ1v) is 7.04. The fourth-order valence-corrected chi connectivity index (χ4v) is 3.15. The summed E-state index contributed by atoms with van der Waals surface area (Å²) in [7, 11) is 1.66. The van der Waals surface area contributed by atoms with Crippen molar-refractivity contribution < 1.29 is 9.53 Å². The van der Waals surface area contributed by atoms with Gasteiger partial charge in [-0.05, 0) is 19.8 Å². The molecule has 1 saturated carbocycles. The molecule has 0 radical (unpaired) electrons. The zero-order valence-electron chi connectivity index (χ0n) is 10.5. The number of carbonyl (C=O) groups is 1. The Balaban J connectivity index is 2.07. The lowest BCUT2D eigenvalue weighted by Crippen LogP contribution is -2.43. The van der Waals surface area contributed by atoms with Crippen molar-refractivity contribution in [3.05, 3.63) is 16.1 Å². The van der Waals surface area contributed by atoms with Crippen molar-refractivity contribution in [2.45, 2.75) is 51.0 Å². The molecule has 0 unspecified atom stereocenters. The van der Waals surface area contributed by atoms with Gasteiger partial charge in [0.2, 0.25) is 0 Å². The molecule has 94 valence electrons. The van der Waals surface area contributed by atoms with E-state index < -0.39 is 5.60 Å². The van der Waals surface area contributed by atoms with Crippen LogP contribution < -0.4 is 0 Å². The van der Waals surface area contributed by atoms with Gasteiger partial charge >= 0.3 is 0 Å². The van der Waals surface area contributed by atoms with Crippen LogP contribution in [0.5, 0.6) is 0 Å². The van der Waals surface area contributed by atoms with E-state index in [4.69, 9.17) is 4.74 Å². The van der Waals surface area contributed by atoms with Crippen molar-refractivity contribution in [3.63, 3.8) is 0 Å². The van der Waals surface area contributed by atoms with Crippen LogP contribution in [-0.4, -0.2) is 23.5 Å². The molecule has 1 fully saturated rings. The highest BCUT2D eigenvalue weighted by atomic mass is 32.1. The maximum atomic E-state index is 12.4. The maximum absolute atomic E-state index is 12.4. The number of aromatic nitrogens is 1. The second-order valence-electron chi connectivity index (χ2n) is 4.72. The summed E-state index contributed by atoms with van der Waals surface area (Å²) in [6, 6.07) is 0. The summed E-state index contributed by atoms with van der Waals surface area (Å²) in [5.41, 5.74) is 0.356. The van der Waals surface area contributed by atoms with Gasteiger partial charge in [-0.2, -0.15) is 0 Å². The Morgan fingerprint density at radius 3 is 2.71 bits per heavy atom. The van der Waals surface area contributed by atoms with Gasteiger partial charge in [-0.15, -0.1) is 11.3 Å². The largest absolute Gasteiger partial charge is 0.370 e. The molecule has 0 bridgehead atoms. The quantitative estimate of drug-likeness (QED) is 0.828. The van der Waals surface area contributed by atoms with Crippen molar-refractivity contribution in [3.8, 4) is 0 Å². The number of ether oxygens (including phenoxy) is 1. The smallest absolute Gasteiger partial charge is 0.170 e. The Hall–Kier alpha value is -0.740. The Bertz CT molecular complexity index is 394. The van der Waals surface area contributed by atoms with Gasteiger partial charge < -0.3 is 4.74 Å². The zero-order chi connectivity index (χ0) is 12.3. The van der Waals surface area contributed by atoms with E-state index in [9.17, 15) is 4.79 Å². The van der Waals surface area contributed by atoms with Crippen molar-refractivity contribution in [2.24, 2.45) is 0 Å². The summed E-state index contributed by atoms with van der Waals surface area (Å²) >= 11 is 1.60. The minimum atomic E-state index is -0.532. The first-order chi connectivity index (χ1) is 8.16. The van der Waals surface area contributed by atoms with Crippen LogP contribution in [0.25, 0.3) is 0 Å². The number of rotatable bonds is 4. The first kappa shape index (κ1) is 12.7. The molecule has 1 aliphatic rings. The minimum Gasteiger partial charge on any atom is -0.370 e. The molecular formula is C13H19NO2S. The summed E-state index contributed by atoms with van der Waals surface area (Å²) in [5.74, 6) is 0.199. The molecule has 1 aromatic rings. The standard InChI is InChI=1S/C13H19NO2S/c1-10-14-11(9-17-10)8-12(15)13(16-2)6-4-3-5-7-13/h9H,3-8H2,1-2H3. The van der Waals surface area contributed by atoms with E-state index in [1.165, 1.54) is 6.42 Å². The van der Waals surface area contributed by atoms with Gasteiger partial charge in [0.05, 0.1) is 17.1 Å². The first-order valence-electron chi connectivity index (χ1n) is 6.16. The molecule has 4 heteroatoms. The third kappa shape index (κ3) is 2.75. The average molecular weight is 253 g/mol. The van der Waals surface area contributed by atoms with Gasteiger partial charge in [0.25, 0.3) is 0 Å². The Labute approximate surface area is 106 Å². The van der Waals surface area contributed by atoms with Crippen LogP contribution in [0.15, 0.2) is 5.38 Å². The number of thiazole rings is 1. The van der Waals surface area contributed by atoms with E-state index >= 15 is 0 Å².